The van der Waals surface area contributed by atoms with Gasteiger partial charge in [0.1, 0.15) is 11.6 Å². The molecule has 1 fully saturated rings. The monoisotopic (exact) mass is 351 g/mol. The minimum Gasteiger partial charge on any atom is -0.479 e. The van der Waals surface area contributed by atoms with Gasteiger partial charge in [0, 0.05) is 30.5 Å². The second-order valence-electron chi connectivity index (χ2n) is 5.23. The van der Waals surface area contributed by atoms with Crippen molar-refractivity contribution in [1.29, 1.82) is 0 Å². The van der Waals surface area contributed by atoms with Gasteiger partial charge >= 0.3 is 16.2 Å². The van der Waals surface area contributed by atoms with Crippen LogP contribution in [0.15, 0.2) is 18.2 Å². The first-order valence-electron chi connectivity index (χ1n) is 6.48. The van der Waals surface area contributed by atoms with Crippen molar-refractivity contribution in [1.82, 2.24) is 4.90 Å². The number of halogens is 3. The molecule has 1 aromatic rings. The molecule has 0 aliphatic carbocycles. The molecule has 1 N–H and O–H groups in total. The molecule has 0 saturated carbocycles. The zero-order chi connectivity index (χ0) is 17.4. The maximum atomic E-state index is 13.8. The van der Waals surface area contributed by atoms with E-state index in [2.05, 4.69) is 0 Å². The van der Waals surface area contributed by atoms with Crippen molar-refractivity contribution < 1.29 is 35.8 Å². The first-order chi connectivity index (χ1) is 10.6. The highest BCUT2D eigenvalue weighted by Gasteiger charge is 2.41. The van der Waals surface area contributed by atoms with Gasteiger partial charge in [0.25, 0.3) is 0 Å². The van der Waals surface area contributed by atoms with Crippen LogP contribution in [0.3, 0.4) is 0 Å². The zero-order valence-electron chi connectivity index (χ0n) is 11.6. The van der Waals surface area contributed by atoms with E-state index in [1.54, 1.807) is 0 Å². The SMILES string of the molecule is O=C(O)C(c1ccc(F)cc1F)N1CC(CS(=O)(=O)F)CC1=O. The number of rotatable bonds is 5. The lowest BCUT2D eigenvalue weighted by molar-refractivity contribution is -0.148. The minimum atomic E-state index is -4.83. The first-order valence-corrected chi connectivity index (χ1v) is 8.03. The summed E-state index contributed by atoms with van der Waals surface area (Å²) in [6.45, 7) is -0.351. The van der Waals surface area contributed by atoms with Gasteiger partial charge in [0.05, 0.1) is 5.75 Å². The Morgan fingerprint density at radius 2 is 2.04 bits per heavy atom. The van der Waals surface area contributed by atoms with Crippen LogP contribution >= 0.6 is 0 Å². The van der Waals surface area contributed by atoms with Crippen molar-refractivity contribution in [3.05, 3.63) is 35.4 Å². The van der Waals surface area contributed by atoms with Crippen molar-refractivity contribution in [3.63, 3.8) is 0 Å². The maximum absolute atomic E-state index is 13.8. The Labute approximate surface area is 129 Å². The number of hydrogen-bond acceptors (Lipinski definition) is 4. The summed E-state index contributed by atoms with van der Waals surface area (Å²) < 4.78 is 60.8. The van der Waals surface area contributed by atoms with Crippen LogP contribution in [0.2, 0.25) is 0 Å². The normalized spacial score (nSPS) is 19.9. The molecule has 2 atom stereocenters. The molecule has 1 aliphatic rings. The predicted octanol–water partition coefficient (Wildman–Crippen LogP) is 1.24. The number of benzene rings is 1. The molecule has 23 heavy (non-hydrogen) atoms. The van der Waals surface area contributed by atoms with E-state index < -0.39 is 57.0 Å². The summed E-state index contributed by atoms with van der Waals surface area (Å²) in [5, 5.41) is 9.27. The molecular formula is C13H12F3NO5S. The van der Waals surface area contributed by atoms with Crippen LogP contribution in [0.5, 0.6) is 0 Å². The molecule has 1 saturated heterocycles. The largest absolute Gasteiger partial charge is 0.479 e. The van der Waals surface area contributed by atoms with Crippen LogP contribution in [0.4, 0.5) is 12.7 Å². The predicted molar refractivity (Wildman–Crippen MR) is 71.4 cm³/mol. The van der Waals surface area contributed by atoms with Gasteiger partial charge in [0.15, 0.2) is 6.04 Å². The second-order valence-corrected chi connectivity index (χ2v) is 6.64. The maximum Gasteiger partial charge on any atom is 0.331 e. The molecule has 126 valence electrons. The van der Waals surface area contributed by atoms with Gasteiger partial charge in [-0.1, -0.05) is 6.07 Å². The summed E-state index contributed by atoms with van der Waals surface area (Å²) in [6, 6.07) is 0.486. The summed E-state index contributed by atoms with van der Waals surface area (Å²) >= 11 is 0. The molecule has 0 aromatic heterocycles. The van der Waals surface area contributed by atoms with Crippen molar-refractivity contribution in [2.24, 2.45) is 5.92 Å². The molecule has 6 nitrogen and oxygen atoms in total. The van der Waals surface area contributed by atoms with Crippen molar-refractivity contribution >= 4 is 22.1 Å². The summed E-state index contributed by atoms with van der Waals surface area (Å²) in [5.74, 6) is -6.21. The van der Waals surface area contributed by atoms with Crippen molar-refractivity contribution in [3.8, 4) is 0 Å². The molecular weight excluding hydrogens is 339 g/mol. The fourth-order valence-corrected chi connectivity index (χ4v) is 3.40. The third-order valence-corrected chi connectivity index (χ3v) is 4.35. The molecule has 0 radical (unpaired) electrons. The number of amides is 1. The van der Waals surface area contributed by atoms with Crippen LogP contribution in [-0.2, 0) is 19.8 Å². The highest BCUT2D eigenvalue weighted by Crippen LogP contribution is 2.31. The fourth-order valence-electron chi connectivity index (χ4n) is 2.61. The minimum absolute atomic E-state index is 0.351. The topological polar surface area (TPSA) is 91.8 Å². The third-order valence-electron chi connectivity index (χ3n) is 3.48. The quantitative estimate of drug-likeness (QED) is 0.806. The summed E-state index contributed by atoms with van der Waals surface area (Å²) in [7, 11) is -4.83. The first kappa shape index (κ1) is 17.3. The third kappa shape index (κ3) is 4.01. The van der Waals surface area contributed by atoms with E-state index >= 15 is 0 Å². The number of aliphatic carboxylic acids is 1. The van der Waals surface area contributed by atoms with E-state index in [4.69, 9.17) is 0 Å². The summed E-state index contributed by atoms with van der Waals surface area (Å²) in [4.78, 5) is 24.1. The van der Waals surface area contributed by atoms with Gasteiger partial charge in [-0.3, -0.25) is 4.79 Å². The lowest BCUT2D eigenvalue weighted by Gasteiger charge is -2.25. The molecule has 0 bridgehead atoms. The van der Waals surface area contributed by atoms with E-state index in [0.29, 0.717) is 6.07 Å². The number of nitrogens with zero attached hydrogens (tertiary/aromatic N) is 1. The Balaban J connectivity index is 2.32. The Hall–Kier alpha value is -2.10. The standard InChI is InChI=1S/C13H12F3NO5S/c14-8-1-2-9(10(15)4-8)12(13(19)20)17-5-7(3-11(17)18)6-23(16,21)22/h1-2,4,7,12H,3,5-6H2,(H,19,20). The van der Waals surface area contributed by atoms with E-state index in [0.717, 1.165) is 17.0 Å². The number of carbonyl (C=O) groups excluding carboxylic acids is 1. The number of carboxylic acid groups (broad SMARTS) is 1. The summed E-state index contributed by atoms with van der Waals surface area (Å²) in [5.41, 5.74) is -0.434. The van der Waals surface area contributed by atoms with E-state index in [9.17, 15) is 35.8 Å². The van der Waals surface area contributed by atoms with Crippen LogP contribution in [0.1, 0.15) is 18.0 Å². The van der Waals surface area contributed by atoms with E-state index in [-0.39, 0.29) is 13.0 Å². The summed E-state index contributed by atoms with van der Waals surface area (Å²) in [6.07, 6.45) is -0.365. The number of likely N-dealkylation sites (tertiary alicyclic amines) is 1. The lowest BCUT2D eigenvalue weighted by atomic mass is 10.0. The molecule has 2 unspecified atom stereocenters. The molecule has 10 heteroatoms. The lowest BCUT2D eigenvalue weighted by Crippen LogP contribution is -2.36. The average molecular weight is 351 g/mol. The van der Waals surface area contributed by atoms with Crippen LogP contribution in [-0.4, -0.2) is 42.6 Å². The average Bonchev–Trinajstić information content (AvgIpc) is 2.70. The van der Waals surface area contributed by atoms with Gasteiger partial charge in [-0.15, -0.1) is 3.89 Å². The van der Waals surface area contributed by atoms with Gasteiger partial charge < -0.3 is 10.0 Å². The zero-order valence-corrected chi connectivity index (χ0v) is 12.4. The highest BCUT2D eigenvalue weighted by atomic mass is 32.3. The van der Waals surface area contributed by atoms with Gasteiger partial charge in [-0.2, -0.15) is 8.42 Å². The van der Waals surface area contributed by atoms with Gasteiger partial charge in [-0.25, -0.2) is 13.6 Å². The highest BCUT2D eigenvalue weighted by molar-refractivity contribution is 7.86. The molecule has 1 amide bonds. The Kier molecular flexibility index (Phi) is 4.64. The van der Waals surface area contributed by atoms with Crippen molar-refractivity contribution in [2.75, 3.05) is 12.3 Å². The van der Waals surface area contributed by atoms with Crippen molar-refractivity contribution in [2.45, 2.75) is 12.5 Å². The Morgan fingerprint density at radius 3 is 2.57 bits per heavy atom. The second kappa shape index (κ2) is 6.19. The molecule has 2 rings (SSSR count). The molecule has 1 aliphatic heterocycles. The Morgan fingerprint density at radius 1 is 1.39 bits per heavy atom. The number of carboxylic acids is 1. The van der Waals surface area contributed by atoms with Gasteiger partial charge in [-0.05, 0) is 6.07 Å². The Bertz CT molecular complexity index is 752. The molecule has 1 aromatic carbocycles. The fraction of sp³-hybridized carbons (Fsp3) is 0.385. The van der Waals surface area contributed by atoms with Crippen LogP contribution < -0.4 is 0 Å². The van der Waals surface area contributed by atoms with Crippen LogP contribution in [0.25, 0.3) is 0 Å². The number of hydrogen-bond donors (Lipinski definition) is 1. The smallest absolute Gasteiger partial charge is 0.331 e. The molecule has 1 heterocycles. The number of carbonyl (C=O) groups is 2. The van der Waals surface area contributed by atoms with Crippen LogP contribution in [0, 0.1) is 17.6 Å². The van der Waals surface area contributed by atoms with E-state index in [1.807, 2.05) is 0 Å². The van der Waals surface area contributed by atoms with E-state index in [1.165, 1.54) is 0 Å². The van der Waals surface area contributed by atoms with Gasteiger partial charge in [0.2, 0.25) is 5.91 Å². The molecule has 0 spiro atoms.